The second-order valence-electron chi connectivity index (χ2n) is 5.04. The normalized spacial score (nSPS) is 12.4. The molecule has 0 spiro atoms. The average Bonchev–Trinajstić information content (AvgIpc) is 2.79. The highest BCUT2D eigenvalue weighted by molar-refractivity contribution is 9.10. The van der Waals surface area contributed by atoms with Crippen molar-refractivity contribution in [2.75, 3.05) is 7.11 Å². The van der Waals surface area contributed by atoms with E-state index in [1.54, 1.807) is 7.11 Å². The maximum Gasteiger partial charge on any atom is 0.119 e. The van der Waals surface area contributed by atoms with Gasteiger partial charge in [-0.05, 0) is 54.4 Å². The summed E-state index contributed by atoms with van der Waals surface area (Å²) in [7, 11) is 1.69. The molecule has 21 heavy (non-hydrogen) atoms. The van der Waals surface area contributed by atoms with E-state index in [0.29, 0.717) is 0 Å². The minimum absolute atomic E-state index is 0.243. The highest BCUT2D eigenvalue weighted by atomic mass is 79.9. The summed E-state index contributed by atoms with van der Waals surface area (Å²) in [6.45, 7) is 7.92. The Hall–Kier alpha value is -1.33. The van der Waals surface area contributed by atoms with Crippen molar-refractivity contribution in [3.63, 3.8) is 0 Å². The van der Waals surface area contributed by atoms with E-state index < -0.39 is 0 Å². The van der Waals surface area contributed by atoms with Gasteiger partial charge < -0.3 is 10.1 Å². The number of nitrogens with one attached hydrogen (secondary N) is 1. The van der Waals surface area contributed by atoms with Crippen LogP contribution in [0.5, 0.6) is 5.75 Å². The Morgan fingerprint density at radius 3 is 2.86 bits per heavy atom. The minimum Gasteiger partial charge on any atom is -0.497 e. The van der Waals surface area contributed by atoms with E-state index in [-0.39, 0.29) is 6.04 Å². The summed E-state index contributed by atoms with van der Waals surface area (Å²) in [5.74, 6) is 0.886. The molecule has 0 fully saturated rings. The zero-order valence-electron chi connectivity index (χ0n) is 13.0. The number of benzene rings is 1. The predicted octanol–water partition coefficient (Wildman–Crippen LogP) is 3.83. The van der Waals surface area contributed by atoms with Gasteiger partial charge in [0.25, 0.3) is 0 Å². The summed E-state index contributed by atoms with van der Waals surface area (Å²) < 4.78 is 8.40. The first kappa shape index (κ1) is 16.0. The number of rotatable bonds is 6. The quantitative estimate of drug-likeness (QED) is 0.859. The molecule has 2 rings (SSSR count). The fraction of sp³-hybridized carbons (Fsp3) is 0.438. The molecule has 2 aromatic rings. The standard InChI is InChI=1S/C16H22BrN3O/c1-5-20-15(16(17)12(3)19-20)10-18-11(2)13-7-6-8-14(9-13)21-4/h6-9,11,18H,5,10H2,1-4H3/t11-/m1/s1. The van der Waals surface area contributed by atoms with E-state index >= 15 is 0 Å². The lowest BCUT2D eigenvalue weighted by molar-refractivity contribution is 0.413. The Morgan fingerprint density at radius 2 is 2.19 bits per heavy atom. The van der Waals surface area contributed by atoms with Crippen molar-refractivity contribution in [1.82, 2.24) is 15.1 Å². The molecule has 0 bridgehead atoms. The third-order valence-corrected chi connectivity index (χ3v) is 4.65. The molecule has 0 radical (unpaired) electrons. The average molecular weight is 352 g/mol. The molecule has 1 aromatic heterocycles. The van der Waals surface area contributed by atoms with Crippen LogP contribution < -0.4 is 10.1 Å². The highest BCUT2D eigenvalue weighted by Crippen LogP contribution is 2.23. The topological polar surface area (TPSA) is 39.1 Å². The second-order valence-corrected chi connectivity index (χ2v) is 5.83. The van der Waals surface area contributed by atoms with Crippen molar-refractivity contribution in [2.24, 2.45) is 0 Å². The van der Waals surface area contributed by atoms with Gasteiger partial charge in [0.05, 0.1) is 23.0 Å². The van der Waals surface area contributed by atoms with Crippen molar-refractivity contribution in [1.29, 1.82) is 0 Å². The Kier molecular flexibility index (Phi) is 5.42. The fourth-order valence-corrected chi connectivity index (χ4v) is 2.74. The molecule has 0 saturated carbocycles. The van der Waals surface area contributed by atoms with E-state index in [1.807, 2.05) is 23.7 Å². The van der Waals surface area contributed by atoms with Gasteiger partial charge in [-0.25, -0.2) is 0 Å². The minimum atomic E-state index is 0.243. The van der Waals surface area contributed by atoms with Gasteiger partial charge in [0.1, 0.15) is 5.75 Å². The molecule has 1 aromatic carbocycles. The van der Waals surface area contributed by atoms with Crippen LogP contribution in [0.3, 0.4) is 0 Å². The SMILES string of the molecule is CCn1nc(C)c(Br)c1CN[C@H](C)c1cccc(OC)c1. The number of hydrogen-bond acceptors (Lipinski definition) is 3. The lowest BCUT2D eigenvalue weighted by Gasteiger charge is -2.16. The van der Waals surface area contributed by atoms with Gasteiger partial charge in [-0.15, -0.1) is 0 Å². The number of ether oxygens (including phenoxy) is 1. The van der Waals surface area contributed by atoms with E-state index in [0.717, 1.165) is 29.0 Å². The van der Waals surface area contributed by atoms with Gasteiger partial charge in [-0.3, -0.25) is 4.68 Å². The van der Waals surface area contributed by atoms with Crippen molar-refractivity contribution in [3.8, 4) is 5.75 Å². The molecular weight excluding hydrogens is 330 g/mol. The Balaban J connectivity index is 2.08. The summed E-state index contributed by atoms with van der Waals surface area (Å²) in [5.41, 5.74) is 3.43. The van der Waals surface area contributed by atoms with Gasteiger partial charge >= 0.3 is 0 Å². The number of halogens is 1. The Morgan fingerprint density at radius 1 is 1.43 bits per heavy atom. The maximum absolute atomic E-state index is 5.28. The number of aryl methyl sites for hydroxylation is 2. The first-order chi connectivity index (χ1) is 10.1. The summed E-state index contributed by atoms with van der Waals surface area (Å²) in [6.07, 6.45) is 0. The van der Waals surface area contributed by atoms with Crippen LogP contribution in [0.25, 0.3) is 0 Å². The van der Waals surface area contributed by atoms with Crippen molar-refractivity contribution in [3.05, 3.63) is 45.7 Å². The zero-order chi connectivity index (χ0) is 15.4. The lowest BCUT2D eigenvalue weighted by Crippen LogP contribution is -2.20. The molecule has 0 aliphatic rings. The molecule has 1 N–H and O–H groups in total. The molecule has 0 saturated heterocycles. The lowest BCUT2D eigenvalue weighted by atomic mass is 10.1. The van der Waals surface area contributed by atoms with Gasteiger partial charge in [-0.1, -0.05) is 12.1 Å². The van der Waals surface area contributed by atoms with Crippen LogP contribution in [-0.4, -0.2) is 16.9 Å². The van der Waals surface area contributed by atoms with Crippen LogP contribution in [0.2, 0.25) is 0 Å². The molecular formula is C16H22BrN3O. The smallest absolute Gasteiger partial charge is 0.119 e. The van der Waals surface area contributed by atoms with E-state index in [1.165, 1.54) is 11.3 Å². The van der Waals surface area contributed by atoms with E-state index in [9.17, 15) is 0 Å². The highest BCUT2D eigenvalue weighted by Gasteiger charge is 2.13. The molecule has 0 aliphatic heterocycles. The maximum atomic E-state index is 5.28. The summed E-state index contributed by atoms with van der Waals surface area (Å²) >= 11 is 3.63. The van der Waals surface area contributed by atoms with Crippen LogP contribution in [0.4, 0.5) is 0 Å². The first-order valence-electron chi connectivity index (χ1n) is 7.16. The molecule has 0 amide bonds. The number of methoxy groups -OCH3 is 1. The number of aromatic nitrogens is 2. The second kappa shape index (κ2) is 7.09. The van der Waals surface area contributed by atoms with Crippen LogP contribution in [0.15, 0.2) is 28.7 Å². The predicted molar refractivity (Wildman–Crippen MR) is 88.6 cm³/mol. The Bertz CT molecular complexity index is 610. The summed E-state index contributed by atoms with van der Waals surface area (Å²) in [5, 5.41) is 8.07. The molecule has 0 unspecified atom stereocenters. The third kappa shape index (κ3) is 3.66. The van der Waals surface area contributed by atoms with Crippen LogP contribution >= 0.6 is 15.9 Å². The summed E-state index contributed by atoms with van der Waals surface area (Å²) in [6, 6.07) is 8.39. The van der Waals surface area contributed by atoms with Crippen LogP contribution in [0.1, 0.15) is 36.8 Å². The molecule has 5 heteroatoms. The van der Waals surface area contributed by atoms with Crippen molar-refractivity contribution in [2.45, 2.75) is 39.9 Å². The van der Waals surface area contributed by atoms with Crippen molar-refractivity contribution >= 4 is 15.9 Å². The van der Waals surface area contributed by atoms with Gasteiger partial charge in [0.2, 0.25) is 0 Å². The summed E-state index contributed by atoms with van der Waals surface area (Å²) in [4.78, 5) is 0. The largest absolute Gasteiger partial charge is 0.497 e. The molecule has 4 nitrogen and oxygen atoms in total. The van der Waals surface area contributed by atoms with Gasteiger partial charge in [-0.2, -0.15) is 5.10 Å². The van der Waals surface area contributed by atoms with Crippen molar-refractivity contribution < 1.29 is 4.74 Å². The zero-order valence-corrected chi connectivity index (χ0v) is 14.6. The number of nitrogens with zero attached hydrogens (tertiary/aromatic N) is 2. The first-order valence-corrected chi connectivity index (χ1v) is 7.95. The van der Waals surface area contributed by atoms with E-state index in [4.69, 9.17) is 4.74 Å². The van der Waals surface area contributed by atoms with Gasteiger partial charge in [0, 0.05) is 19.1 Å². The molecule has 1 atom stereocenters. The Labute approximate surface area is 134 Å². The molecule has 0 aliphatic carbocycles. The van der Waals surface area contributed by atoms with Crippen LogP contribution in [0, 0.1) is 6.92 Å². The van der Waals surface area contributed by atoms with Gasteiger partial charge in [0.15, 0.2) is 0 Å². The fourth-order valence-electron chi connectivity index (χ4n) is 2.32. The van der Waals surface area contributed by atoms with E-state index in [2.05, 4.69) is 52.3 Å². The number of hydrogen-bond donors (Lipinski definition) is 1. The monoisotopic (exact) mass is 351 g/mol. The molecule has 114 valence electrons. The third-order valence-electron chi connectivity index (χ3n) is 3.62. The molecule has 1 heterocycles. The van der Waals surface area contributed by atoms with Crippen LogP contribution in [-0.2, 0) is 13.1 Å².